The highest BCUT2D eigenvalue weighted by atomic mass is 16.5. The van der Waals surface area contributed by atoms with Crippen molar-refractivity contribution in [3.63, 3.8) is 0 Å². The number of carbonyl (C=O) groups excluding carboxylic acids is 1. The molecule has 4 rings (SSSR count). The van der Waals surface area contributed by atoms with Crippen LogP contribution in [0.4, 0.5) is 5.69 Å². The van der Waals surface area contributed by atoms with Gasteiger partial charge in [0.25, 0.3) is 5.91 Å². The van der Waals surface area contributed by atoms with Crippen LogP contribution in [0.5, 0.6) is 0 Å². The fourth-order valence-corrected chi connectivity index (χ4v) is 2.50. The molecular formula is C18H14N4O2. The standard InChI is InChI=1S/C18H14N4O2/c1-11-9-16(24-22-11)18(23)19-13-6-4-5-12(10-13)17-20-14-7-2-3-8-15(14)21-17/h2-10H,1H3,(H,19,23)(H,20,21). The van der Waals surface area contributed by atoms with E-state index in [1.165, 1.54) is 0 Å². The number of hydrogen-bond donors (Lipinski definition) is 2. The molecule has 2 aromatic heterocycles. The van der Waals surface area contributed by atoms with Crippen LogP contribution < -0.4 is 5.32 Å². The summed E-state index contributed by atoms with van der Waals surface area (Å²) in [6, 6.07) is 16.9. The molecule has 2 N–H and O–H groups in total. The van der Waals surface area contributed by atoms with Gasteiger partial charge < -0.3 is 14.8 Å². The van der Waals surface area contributed by atoms with Gasteiger partial charge in [0.2, 0.25) is 5.76 Å². The largest absolute Gasteiger partial charge is 0.351 e. The number of carbonyl (C=O) groups is 1. The molecular weight excluding hydrogens is 304 g/mol. The first kappa shape index (κ1) is 14.2. The highest BCUT2D eigenvalue weighted by Crippen LogP contribution is 2.23. The number of H-pyrrole nitrogens is 1. The van der Waals surface area contributed by atoms with Crippen LogP contribution in [0.25, 0.3) is 22.4 Å². The van der Waals surface area contributed by atoms with E-state index in [1.807, 2.05) is 48.5 Å². The van der Waals surface area contributed by atoms with Crippen molar-refractivity contribution in [3.8, 4) is 11.4 Å². The number of nitrogens with one attached hydrogen (secondary N) is 2. The summed E-state index contributed by atoms with van der Waals surface area (Å²) in [6.07, 6.45) is 0. The molecule has 0 bridgehead atoms. The van der Waals surface area contributed by atoms with Crippen molar-refractivity contribution in [1.29, 1.82) is 0 Å². The molecule has 0 fully saturated rings. The van der Waals surface area contributed by atoms with Gasteiger partial charge in [0.05, 0.1) is 16.7 Å². The predicted molar refractivity (Wildman–Crippen MR) is 90.7 cm³/mol. The Bertz CT molecular complexity index is 999. The number of rotatable bonds is 3. The monoisotopic (exact) mass is 318 g/mol. The number of imidazole rings is 1. The van der Waals surface area contributed by atoms with Gasteiger partial charge in [-0.2, -0.15) is 0 Å². The van der Waals surface area contributed by atoms with Crippen molar-refractivity contribution in [2.45, 2.75) is 6.92 Å². The van der Waals surface area contributed by atoms with Crippen molar-refractivity contribution in [2.24, 2.45) is 0 Å². The van der Waals surface area contributed by atoms with Crippen LogP contribution in [-0.2, 0) is 0 Å². The highest BCUT2D eigenvalue weighted by molar-refractivity contribution is 6.02. The first-order chi connectivity index (χ1) is 11.7. The maximum absolute atomic E-state index is 12.1. The summed E-state index contributed by atoms with van der Waals surface area (Å²) in [6.45, 7) is 1.77. The normalized spacial score (nSPS) is 10.9. The number of fused-ring (bicyclic) bond motifs is 1. The van der Waals surface area contributed by atoms with Crippen LogP contribution in [0.1, 0.15) is 16.2 Å². The number of benzene rings is 2. The second-order valence-electron chi connectivity index (χ2n) is 5.47. The van der Waals surface area contributed by atoms with Gasteiger partial charge in [0.15, 0.2) is 0 Å². The Morgan fingerprint density at radius 1 is 1.12 bits per heavy atom. The Hall–Kier alpha value is -3.41. The zero-order valence-electron chi connectivity index (χ0n) is 12.9. The van der Waals surface area contributed by atoms with Gasteiger partial charge in [-0.05, 0) is 31.2 Å². The van der Waals surface area contributed by atoms with Crippen LogP contribution in [0.15, 0.2) is 59.1 Å². The maximum Gasteiger partial charge on any atom is 0.294 e. The van der Waals surface area contributed by atoms with Crippen LogP contribution in [0.2, 0.25) is 0 Å². The molecule has 0 radical (unpaired) electrons. The number of aromatic nitrogens is 3. The predicted octanol–water partition coefficient (Wildman–Crippen LogP) is 3.78. The number of amides is 1. The van der Waals surface area contributed by atoms with E-state index in [2.05, 4.69) is 20.4 Å². The molecule has 0 atom stereocenters. The fourth-order valence-electron chi connectivity index (χ4n) is 2.50. The molecule has 6 nitrogen and oxygen atoms in total. The average Bonchev–Trinajstić information content (AvgIpc) is 3.21. The third kappa shape index (κ3) is 2.65. The van der Waals surface area contributed by atoms with Gasteiger partial charge in [-0.1, -0.05) is 29.4 Å². The zero-order valence-corrected chi connectivity index (χ0v) is 12.9. The van der Waals surface area contributed by atoms with E-state index in [4.69, 9.17) is 4.52 Å². The second-order valence-corrected chi connectivity index (χ2v) is 5.47. The topological polar surface area (TPSA) is 83.8 Å². The lowest BCUT2D eigenvalue weighted by molar-refractivity contribution is 0.0988. The summed E-state index contributed by atoms with van der Waals surface area (Å²) in [7, 11) is 0. The van der Waals surface area contributed by atoms with E-state index >= 15 is 0 Å². The number of hydrogen-bond acceptors (Lipinski definition) is 4. The van der Waals surface area contributed by atoms with E-state index < -0.39 is 0 Å². The van der Waals surface area contributed by atoms with Crippen molar-refractivity contribution < 1.29 is 9.32 Å². The van der Waals surface area contributed by atoms with E-state index in [0.29, 0.717) is 11.4 Å². The second kappa shape index (κ2) is 5.66. The first-order valence-corrected chi connectivity index (χ1v) is 7.49. The average molecular weight is 318 g/mol. The van der Waals surface area contributed by atoms with E-state index in [1.54, 1.807) is 13.0 Å². The summed E-state index contributed by atoms with van der Waals surface area (Å²) in [4.78, 5) is 20.0. The van der Waals surface area contributed by atoms with Gasteiger partial charge in [-0.3, -0.25) is 4.79 Å². The number of aryl methyl sites for hydroxylation is 1. The molecule has 118 valence electrons. The molecule has 0 spiro atoms. The molecule has 2 heterocycles. The SMILES string of the molecule is Cc1cc(C(=O)Nc2cccc(-c3nc4ccccc4[nH]3)c2)on1. The molecule has 24 heavy (non-hydrogen) atoms. The fraction of sp³-hybridized carbons (Fsp3) is 0.0556. The quantitative estimate of drug-likeness (QED) is 0.602. The first-order valence-electron chi connectivity index (χ1n) is 7.49. The lowest BCUT2D eigenvalue weighted by Crippen LogP contribution is -2.10. The van der Waals surface area contributed by atoms with Gasteiger partial charge in [-0.25, -0.2) is 4.98 Å². The smallest absolute Gasteiger partial charge is 0.294 e. The van der Waals surface area contributed by atoms with Crippen LogP contribution >= 0.6 is 0 Å². The van der Waals surface area contributed by atoms with Crippen LogP contribution in [-0.4, -0.2) is 21.0 Å². The lowest BCUT2D eigenvalue weighted by atomic mass is 10.2. The number of para-hydroxylation sites is 2. The van der Waals surface area contributed by atoms with Crippen LogP contribution in [0.3, 0.4) is 0 Å². The third-order valence-electron chi connectivity index (χ3n) is 3.64. The molecule has 0 saturated carbocycles. The Morgan fingerprint density at radius 3 is 2.79 bits per heavy atom. The Balaban J connectivity index is 1.62. The van der Waals surface area contributed by atoms with Crippen molar-refractivity contribution in [1.82, 2.24) is 15.1 Å². The molecule has 0 saturated heterocycles. The number of aromatic amines is 1. The molecule has 6 heteroatoms. The maximum atomic E-state index is 12.1. The van der Waals surface area contributed by atoms with Gasteiger partial charge >= 0.3 is 0 Å². The lowest BCUT2D eigenvalue weighted by Gasteiger charge is -2.04. The van der Waals surface area contributed by atoms with Crippen molar-refractivity contribution >= 4 is 22.6 Å². The van der Waals surface area contributed by atoms with E-state index in [0.717, 1.165) is 22.4 Å². The summed E-state index contributed by atoms with van der Waals surface area (Å²) < 4.78 is 4.97. The van der Waals surface area contributed by atoms with Crippen molar-refractivity contribution in [2.75, 3.05) is 5.32 Å². The van der Waals surface area contributed by atoms with E-state index in [-0.39, 0.29) is 11.7 Å². The molecule has 0 aliphatic carbocycles. The molecule has 0 aliphatic rings. The number of anilines is 1. The minimum Gasteiger partial charge on any atom is -0.351 e. The highest BCUT2D eigenvalue weighted by Gasteiger charge is 2.12. The minimum atomic E-state index is -0.336. The minimum absolute atomic E-state index is 0.182. The third-order valence-corrected chi connectivity index (χ3v) is 3.64. The Labute approximate surface area is 137 Å². The molecule has 4 aromatic rings. The molecule has 1 amide bonds. The summed E-state index contributed by atoms with van der Waals surface area (Å²) in [5.74, 6) is 0.599. The van der Waals surface area contributed by atoms with Gasteiger partial charge in [0, 0.05) is 17.3 Å². The Kier molecular flexibility index (Phi) is 3.35. The Morgan fingerprint density at radius 2 is 2.00 bits per heavy atom. The summed E-state index contributed by atoms with van der Waals surface area (Å²) >= 11 is 0. The molecule has 0 aliphatic heterocycles. The van der Waals surface area contributed by atoms with Crippen LogP contribution in [0, 0.1) is 6.92 Å². The molecule has 0 unspecified atom stereocenters. The molecule has 2 aromatic carbocycles. The van der Waals surface area contributed by atoms with Gasteiger partial charge in [0.1, 0.15) is 5.82 Å². The zero-order chi connectivity index (χ0) is 16.5. The van der Waals surface area contributed by atoms with Crippen molar-refractivity contribution in [3.05, 3.63) is 66.1 Å². The number of nitrogens with zero attached hydrogens (tertiary/aromatic N) is 2. The van der Waals surface area contributed by atoms with E-state index in [9.17, 15) is 4.79 Å². The summed E-state index contributed by atoms with van der Waals surface area (Å²) in [5, 5.41) is 6.52. The summed E-state index contributed by atoms with van der Waals surface area (Å²) in [5.41, 5.74) is 4.08. The van der Waals surface area contributed by atoms with Gasteiger partial charge in [-0.15, -0.1) is 0 Å².